The molecule has 0 aromatic carbocycles. The molecule has 19 heavy (non-hydrogen) atoms. The molecular weight excluding hydrogens is 256 g/mol. The number of rotatable bonds is 5. The van der Waals surface area contributed by atoms with Crippen molar-refractivity contribution in [2.75, 3.05) is 13.1 Å². The van der Waals surface area contributed by atoms with Crippen LogP contribution in [-0.2, 0) is 6.42 Å². The first-order chi connectivity index (χ1) is 8.90. The van der Waals surface area contributed by atoms with E-state index >= 15 is 0 Å². The maximum absolute atomic E-state index is 4.59. The Bertz CT molecular complexity index is 404. The first-order valence-electron chi connectivity index (χ1n) is 6.88. The highest BCUT2D eigenvalue weighted by molar-refractivity contribution is 7.09. The van der Waals surface area contributed by atoms with Gasteiger partial charge in [-0.1, -0.05) is 0 Å². The van der Waals surface area contributed by atoms with Crippen molar-refractivity contribution in [3.05, 3.63) is 16.1 Å². The predicted octanol–water partition coefficient (Wildman–Crippen LogP) is 2.74. The molecule has 0 aliphatic heterocycles. The minimum atomic E-state index is 0.0351. The van der Waals surface area contributed by atoms with E-state index in [-0.39, 0.29) is 5.54 Å². The van der Waals surface area contributed by atoms with Crippen molar-refractivity contribution in [1.82, 2.24) is 15.6 Å². The number of guanidine groups is 1. The van der Waals surface area contributed by atoms with Gasteiger partial charge in [0, 0.05) is 36.1 Å². The summed E-state index contributed by atoms with van der Waals surface area (Å²) in [6.45, 7) is 12.2. The Morgan fingerprint density at radius 2 is 2.16 bits per heavy atom. The van der Waals surface area contributed by atoms with Crippen molar-refractivity contribution in [1.29, 1.82) is 0 Å². The number of nitrogens with zero attached hydrogens (tertiary/aromatic N) is 2. The van der Waals surface area contributed by atoms with Crippen LogP contribution in [0.25, 0.3) is 0 Å². The summed E-state index contributed by atoms with van der Waals surface area (Å²) in [5.41, 5.74) is 1.15. The number of aryl methyl sites for hydroxylation is 2. The zero-order valence-corrected chi connectivity index (χ0v) is 13.5. The number of thiazole rings is 1. The number of aliphatic imine (C=N–C) groups is 1. The Morgan fingerprint density at radius 1 is 1.42 bits per heavy atom. The molecule has 0 spiro atoms. The lowest BCUT2D eigenvalue weighted by Gasteiger charge is -2.23. The second-order valence-corrected chi connectivity index (χ2v) is 6.56. The molecule has 0 saturated carbocycles. The fourth-order valence-electron chi connectivity index (χ4n) is 1.60. The molecule has 0 aliphatic carbocycles. The molecule has 0 radical (unpaired) electrons. The van der Waals surface area contributed by atoms with Crippen LogP contribution >= 0.6 is 11.3 Å². The molecule has 5 heteroatoms. The van der Waals surface area contributed by atoms with Gasteiger partial charge in [0.2, 0.25) is 0 Å². The number of hydrogen-bond donors (Lipinski definition) is 2. The molecular formula is C14H26N4S. The van der Waals surface area contributed by atoms with Crippen molar-refractivity contribution >= 4 is 17.3 Å². The summed E-state index contributed by atoms with van der Waals surface area (Å²) in [6.07, 6.45) is 2.05. The highest BCUT2D eigenvalue weighted by Gasteiger charge is 2.11. The zero-order valence-electron chi connectivity index (χ0n) is 12.7. The van der Waals surface area contributed by atoms with E-state index in [9.17, 15) is 0 Å². The molecule has 1 heterocycles. The van der Waals surface area contributed by atoms with Gasteiger partial charge in [-0.3, -0.25) is 4.99 Å². The summed E-state index contributed by atoms with van der Waals surface area (Å²) in [4.78, 5) is 9.05. The summed E-state index contributed by atoms with van der Waals surface area (Å²) in [5, 5.41) is 9.96. The Kier molecular flexibility index (Phi) is 6.28. The summed E-state index contributed by atoms with van der Waals surface area (Å²) >= 11 is 1.74. The van der Waals surface area contributed by atoms with E-state index in [1.54, 1.807) is 11.3 Å². The van der Waals surface area contributed by atoms with Crippen LogP contribution < -0.4 is 10.6 Å². The van der Waals surface area contributed by atoms with Crippen LogP contribution in [0.2, 0.25) is 0 Å². The predicted molar refractivity (Wildman–Crippen MR) is 84.0 cm³/mol. The highest BCUT2D eigenvalue weighted by Crippen LogP contribution is 2.10. The van der Waals surface area contributed by atoms with Gasteiger partial charge in [-0.05, 0) is 41.0 Å². The smallest absolute Gasteiger partial charge is 0.191 e. The van der Waals surface area contributed by atoms with Crippen LogP contribution in [-0.4, -0.2) is 29.6 Å². The SMILES string of the molecule is CCNC(=NCCCc1nc(C)cs1)NC(C)(C)C. The molecule has 0 aliphatic rings. The van der Waals surface area contributed by atoms with Gasteiger partial charge >= 0.3 is 0 Å². The molecule has 1 aromatic rings. The highest BCUT2D eigenvalue weighted by atomic mass is 32.1. The zero-order chi connectivity index (χ0) is 14.3. The number of hydrogen-bond acceptors (Lipinski definition) is 3. The summed E-state index contributed by atoms with van der Waals surface area (Å²) < 4.78 is 0. The van der Waals surface area contributed by atoms with Crippen LogP contribution in [0.5, 0.6) is 0 Å². The second kappa shape index (κ2) is 7.48. The minimum Gasteiger partial charge on any atom is -0.357 e. The quantitative estimate of drug-likeness (QED) is 0.496. The van der Waals surface area contributed by atoms with Gasteiger partial charge in [0.25, 0.3) is 0 Å². The minimum absolute atomic E-state index is 0.0351. The number of aromatic nitrogens is 1. The molecule has 0 fully saturated rings. The summed E-state index contributed by atoms with van der Waals surface area (Å²) in [5.74, 6) is 0.894. The van der Waals surface area contributed by atoms with Crippen LogP contribution in [0.4, 0.5) is 0 Å². The van der Waals surface area contributed by atoms with E-state index in [0.29, 0.717) is 0 Å². The molecule has 0 amide bonds. The summed E-state index contributed by atoms with van der Waals surface area (Å²) in [6, 6.07) is 0. The first-order valence-corrected chi connectivity index (χ1v) is 7.76. The molecule has 2 N–H and O–H groups in total. The van der Waals surface area contributed by atoms with Gasteiger partial charge in [-0.2, -0.15) is 0 Å². The van der Waals surface area contributed by atoms with Gasteiger partial charge in [-0.25, -0.2) is 4.98 Å². The number of nitrogens with one attached hydrogen (secondary N) is 2. The Labute approximate surface area is 120 Å². The molecule has 0 saturated heterocycles. The average molecular weight is 282 g/mol. The maximum atomic E-state index is 4.59. The van der Waals surface area contributed by atoms with Crippen LogP contribution in [0, 0.1) is 6.92 Å². The first kappa shape index (κ1) is 16.0. The van der Waals surface area contributed by atoms with E-state index in [2.05, 4.69) is 53.7 Å². The van der Waals surface area contributed by atoms with Crippen molar-refractivity contribution in [3.63, 3.8) is 0 Å². The normalized spacial score (nSPS) is 12.6. The Balaban J connectivity index is 2.38. The maximum Gasteiger partial charge on any atom is 0.191 e. The van der Waals surface area contributed by atoms with Gasteiger partial charge in [0.1, 0.15) is 0 Å². The van der Waals surface area contributed by atoms with E-state index in [1.165, 1.54) is 5.01 Å². The lowest BCUT2D eigenvalue weighted by atomic mass is 10.1. The topological polar surface area (TPSA) is 49.3 Å². The molecule has 1 rings (SSSR count). The van der Waals surface area contributed by atoms with Crippen LogP contribution in [0.1, 0.15) is 44.8 Å². The molecule has 108 valence electrons. The van der Waals surface area contributed by atoms with Gasteiger partial charge in [0.15, 0.2) is 5.96 Å². The van der Waals surface area contributed by atoms with Gasteiger partial charge < -0.3 is 10.6 Å². The third kappa shape index (κ3) is 7.15. The van der Waals surface area contributed by atoms with E-state index in [0.717, 1.165) is 37.6 Å². The van der Waals surface area contributed by atoms with Gasteiger partial charge in [0.05, 0.1) is 5.01 Å². The third-order valence-corrected chi connectivity index (χ3v) is 3.35. The Hall–Kier alpha value is -1.10. The van der Waals surface area contributed by atoms with Crippen LogP contribution in [0.3, 0.4) is 0 Å². The Morgan fingerprint density at radius 3 is 2.68 bits per heavy atom. The standard InChI is InChI=1S/C14H26N4S/c1-6-15-13(18-14(3,4)5)16-9-7-8-12-17-11(2)10-19-12/h10H,6-9H2,1-5H3,(H2,15,16,18). The van der Waals surface area contributed by atoms with Gasteiger partial charge in [-0.15, -0.1) is 11.3 Å². The van der Waals surface area contributed by atoms with E-state index < -0.39 is 0 Å². The molecule has 0 unspecified atom stereocenters. The largest absolute Gasteiger partial charge is 0.357 e. The lowest BCUT2D eigenvalue weighted by Crippen LogP contribution is -2.47. The summed E-state index contributed by atoms with van der Waals surface area (Å²) in [7, 11) is 0. The van der Waals surface area contributed by atoms with Crippen LogP contribution in [0.15, 0.2) is 10.4 Å². The van der Waals surface area contributed by atoms with E-state index in [4.69, 9.17) is 0 Å². The fourth-order valence-corrected chi connectivity index (χ4v) is 2.42. The lowest BCUT2D eigenvalue weighted by molar-refractivity contribution is 0.501. The average Bonchev–Trinajstić information content (AvgIpc) is 2.68. The monoisotopic (exact) mass is 282 g/mol. The van der Waals surface area contributed by atoms with Crippen molar-refractivity contribution in [2.45, 2.75) is 53.0 Å². The van der Waals surface area contributed by atoms with E-state index in [1.807, 2.05) is 6.92 Å². The third-order valence-electron chi connectivity index (χ3n) is 2.32. The second-order valence-electron chi connectivity index (χ2n) is 5.62. The molecule has 1 aromatic heterocycles. The van der Waals surface area contributed by atoms with Crippen molar-refractivity contribution in [3.8, 4) is 0 Å². The fraction of sp³-hybridized carbons (Fsp3) is 0.714. The molecule has 4 nitrogen and oxygen atoms in total. The molecule has 0 atom stereocenters. The molecule has 0 bridgehead atoms. The van der Waals surface area contributed by atoms with Crippen molar-refractivity contribution in [2.24, 2.45) is 4.99 Å². The van der Waals surface area contributed by atoms with Crippen molar-refractivity contribution < 1.29 is 0 Å².